The zero-order valence-corrected chi connectivity index (χ0v) is 15.9. The van der Waals surface area contributed by atoms with E-state index in [1.807, 2.05) is 0 Å². The van der Waals surface area contributed by atoms with Gasteiger partial charge in [0.1, 0.15) is 5.82 Å². The lowest BCUT2D eigenvalue weighted by Gasteiger charge is -2.38. The van der Waals surface area contributed by atoms with Crippen molar-refractivity contribution in [1.29, 1.82) is 0 Å². The summed E-state index contributed by atoms with van der Waals surface area (Å²) < 4.78 is 56.1. The number of alkyl halides is 3. The van der Waals surface area contributed by atoms with Gasteiger partial charge in [-0.1, -0.05) is 38.1 Å². The summed E-state index contributed by atoms with van der Waals surface area (Å²) in [7, 11) is 0. The van der Waals surface area contributed by atoms with Crippen molar-refractivity contribution in [3.8, 4) is 0 Å². The van der Waals surface area contributed by atoms with Crippen LogP contribution in [0.2, 0.25) is 0 Å². The molecule has 0 aliphatic carbocycles. The molecule has 0 bridgehead atoms. The highest BCUT2D eigenvalue weighted by Crippen LogP contribution is 2.42. The molecule has 1 N–H and O–H groups in total. The smallest absolute Gasteiger partial charge is 0.379 e. The quantitative estimate of drug-likeness (QED) is 0.644. The highest BCUT2D eigenvalue weighted by Gasteiger charge is 2.56. The maximum absolute atomic E-state index is 14.0. The van der Waals surface area contributed by atoms with Gasteiger partial charge in [0.25, 0.3) is 0 Å². The van der Waals surface area contributed by atoms with Crippen LogP contribution in [0.15, 0.2) is 59.5 Å². The second-order valence-electron chi connectivity index (χ2n) is 7.78. The maximum atomic E-state index is 14.0. The number of hydrogen-bond acceptors (Lipinski definition) is 3. The van der Waals surface area contributed by atoms with Crippen LogP contribution in [-0.2, 0) is 12.0 Å². The van der Waals surface area contributed by atoms with Crippen LogP contribution in [0.1, 0.15) is 25.8 Å². The van der Waals surface area contributed by atoms with Gasteiger partial charge in [-0.05, 0) is 41.7 Å². The molecule has 0 saturated heterocycles. The molecule has 0 amide bonds. The van der Waals surface area contributed by atoms with Crippen LogP contribution in [0.4, 0.5) is 17.6 Å². The van der Waals surface area contributed by atoms with Crippen LogP contribution in [0, 0.1) is 5.82 Å². The molecule has 2 aromatic carbocycles. The second kappa shape index (κ2) is 7.26. The summed E-state index contributed by atoms with van der Waals surface area (Å²) in [4.78, 5) is 11.9. The summed E-state index contributed by atoms with van der Waals surface area (Å²) in [6.07, 6.45) is -4.71. The number of rotatable bonds is 5. The van der Waals surface area contributed by atoms with Gasteiger partial charge in [-0.3, -0.25) is 9.48 Å². The molecule has 1 atom stereocenters. The number of nitrogens with zero attached hydrogens (tertiary/aromatic N) is 2. The number of aliphatic hydroxyl groups is 1. The standard InChI is InChI=1S/C21H20F4N2O2/c1-19(2,14-7-9-15(22)10-8-14)12-20(29,21(23,24)25)13-27-17-6-4-3-5-16(17)18(28)11-26-27/h3-11,29H,12-13H2,1-2H3. The van der Waals surface area contributed by atoms with Gasteiger partial charge >= 0.3 is 6.18 Å². The summed E-state index contributed by atoms with van der Waals surface area (Å²) in [5, 5.41) is 14.8. The average Bonchev–Trinajstić information content (AvgIpc) is 2.63. The SMILES string of the molecule is CC(C)(CC(O)(Cn1ncc(=O)c2ccccc21)C(F)(F)F)c1ccc(F)cc1. The zero-order valence-electron chi connectivity index (χ0n) is 15.9. The molecule has 154 valence electrons. The van der Waals surface area contributed by atoms with Gasteiger partial charge in [-0.2, -0.15) is 18.3 Å². The molecule has 0 spiro atoms. The largest absolute Gasteiger partial charge is 0.419 e. The fourth-order valence-electron chi connectivity index (χ4n) is 3.51. The fourth-order valence-corrected chi connectivity index (χ4v) is 3.51. The third kappa shape index (κ3) is 4.17. The van der Waals surface area contributed by atoms with Crippen molar-refractivity contribution >= 4 is 10.9 Å². The van der Waals surface area contributed by atoms with Crippen LogP contribution in [0.5, 0.6) is 0 Å². The Morgan fingerprint density at radius 1 is 1.03 bits per heavy atom. The molecule has 0 fully saturated rings. The predicted molar refractivity (Wildman–Crippen MR) is 101 cm³/mol. The van der Waals surface area contributed by atoms with E-state index in [2.05, 4.69) is 5.10 Å². The molecule has 0 radical (unpaired) electrons. The van der Waals surface area contributed by atoms with Gasteiger partial charge in [-0.15, -0.1) is 0 Å². The highest BCUT2D eigenvalue weighted by atomic mass is 19.4. The van der Waals surface area contributed by atoms with Crippen LogP contribution in [-0.4, -0.2) is 26.7 Å². The minimum absolute atomic E-state index is 0.197. The van der Waals surface area contributed by atoms with Gasteiger partial charge in [0, 0.05) is 5.39 Å². The molecule has 0 aliphatic heterocycles. The molecule has 1 heterocycles. The summed E-state index contributed by atoms with van der Waals surface area (Å²) >= 11 is 0. The number of fused-ring (bicyclic) bond motifs is 1. The number of para-hydroxylation sites is 1. The Morgan fingerprint density at radius 3 is 2.28 bits per heavy atom. The van der Waals surface area contributed by atoms with Crippen molar-refractivity contribution in [2.24, 2.45) is 0 Å². The number of aromatic nitrogens is 2. The predicted octanol–water partition coefficient (Wildman–Crippen LogP) is 4.20. The van der Waals surface area contributed by atoms with Crippen molar-refractivity contribution in [3.05, 3.63) is 76.3 Å². The second-order valence-corrected chi connectivity index (χ2v) is 7.78. The Balaban J connectivity index is 2.03. The summed E-state index contributed by atoms with van der Waals surface area (Å²) in [6.45, 7) is 2.21. The Kier molecular flexibility index (Phi) is 5.25. The Morgan fingerprint density at radius 2 is 1.66 bits per heavy atom. The molecule has 1 unspecified atom stereocenters. The molecule has 4 nitrogen and oxygen atoms in total. The molecular formula is C21H20F4N2O2. The van der Waals surface area contributed by atoms with E-state index in [4.69, 9.17) is 0 Å². The first-order chi connectivity index (χ1) is 13.4. The van der Waals surface area contributed by atoms with Gasteiger partial charge in [0.05, 0.1) is 18.3 Å². The lowest BCUT2D eigenvalue weighted by molar-refractivity contribution is -0.272. The molecule has 0 aliphatic rings. The van der Waals surface area contributed by atoms with E-state index in [1.165, 1.54) is 36.4 Å². The molecule has 1 aromatic heterocycles. The first kappa shape index (κ1) is 21.0. The topological polar surface area (TPSA) is 55.1 Å². The normalized spacial score (nSPS) is 14.7. The Hall–Kier alpha value is -2.74. The molecule has 8 heteroatoms. The van der Waals surface area contributed by atoms with Crippen molar-refractivity contribution in [2.75, 3.05) is 0 Å². The Bertz CT molecular complexity index is 1070. The van der Waals surface area contributed by atoms with Crippen molar-refractivity contribution in [3.63, 3.8) is 0 Å². The minimum Gasteiger partial charge on any atom is -0.379 e. The number of benzene rings is 2. The first-order valence-corrected chi connectivity index (χ1v) is 8.93. The molecule has 29 heavy (non-hydrogen) atoms. The van der Waals surface area contributed by atoms with Crippen LogP contribution < -0.4 is 5.43 Å². The van der Waals surface area contributed by atoms with Crippen molar-refractivity contribution in [1.82, 2.24) is 9.78 Å². The van der Waals surface area contributed by atoms with E-state index >= 15 is 0 Å². The van der Waals surface area contributed by atoms with Gasteiger partial charge in [0.15, 0.2) is 5.60 Å². The van der Waals surface area contributed by atoms with E-state index in [-0.39, 0.29) is 10.9 Å². The van der Waals surface area contributed by atoms with Gasteiger partial charge < -0.3 is 5.11 Å². The van der Waals surface area contributed by atoms with Crippen molar-refractivity contribution < 1.29 is 22.7 Å². The van der Waals surface area contributed by atoms with E-state index in [0.717, 1.165) is 10.9 Å². The van der Waals surface area contributed by atoms with Gasteiger partial charge in [-0.25, -0.2) is 4.39 Å². The van der Waals surface area contributed by atoms with Crippen LogP contribution in [0.25, 0.3) is 10.9 Å². The van der Waals surface area contributed by atoms with Gasteiger partial charge in [0.2, 0.25) is 5.43 Å². The monoisotopic (exact) mass is 408 g/mol. The van der Waals surface area contributed by atoms with E-state index in [9.17, 15) is 27.5 Å². The summed E-state index contributed by atoms with van der Waals surface area (Å²) in [5.41, 5.74) is -4.01. The zero-order chi connectivity index (χ0) is 21.4. The minimum atomic E-state index is -4.96. The molecule has 3 aromatic rings. The van der Waals surface area contributed by atoms with Crippen LogP contribution in [0.3, 0.4) is 0 Å². The Labute approximate surface area is 164 Å². The third-order valence-electron chi connectivity index (χ3n) is 5.06. The van der Waals surface area contributed by atoms with Crippen LogP contribution >= 0.6 is 0 Å². The molecular weight excluding hydrogens is 388 g/mol. The van der Waals surface area contributed by atoms with E-state index in [1.54, 1.807) is 26.0 Å². The van der Waals surface area contributed by atoms with E-state index < -0.39 is 41.4 Å². The molecule has 3 rings (SSSR count). The summed E-state index contributed by atoms with van der Waals surface area (Å²) in [6, 6.07) is 11.3. The lowest BCUT2D eigenvalue weighted by atomic mass is 9.75. The van der Waals surface area contributed by atoms with Crippen molar-refractivity contribution in [2.45, 2.75) is 44.0 Å². The fraction of sp³-hybridized carbons (Fsp3) is 0.333. The summed E-state index contributed by atoms with van der Waals surface area (Å²) in [5.74, 6) is -0.500. The van der Waals surface area contributed by atoms with E-state index in [0.29, 0.717) is 5.56 Å². The third-order valence-corrected chi connectivity index (χ3v) is 5.06. The first-order valence-electron chi connectivity index (χ1n) is 8.93. The average molecular weight is 408 g/mol. The maximum Gasteiger partial charge on any atom is 0.419 e. The molecule has 0 saturated carbocycles. The highest BCUT2D eigenvalue weighted by molar-refractivity contribution is 5.77. The number of hydrogen-bond donors (Lipinski definition) is 1. The number of halogens is 4. The lowest BCUT2D eigenvalue weighted by Crippen LogP contribution is -2.52.